The van der Waals surface area contributed by atoms with Gasteiger partial charge in [-0.1, -0.05) is 11.6 Å². The molecule has 0 fully saturated rings. The lowest BCUT2D eigenvalue weighted by atomic mass is 10.0. The number of hydrogen-bond donors (Lipinski definition) is 1. The van der Waals surface area contributed by atoms with E-state index in [1.165, 1.54) is 0 Å². The number of Topliss-reactive ketones (excluding diaryl/α,β-unsaturated/α-hetero) is 1. The molecule has 3 heteroatoms. The van der Waals surface area contributed by atoms with Crippen molar-refractivity contribution >= 4 is 29.1 Å². The maximum absolute atomic E-state index is 11.2. The Kier molecular flexibility index (Phi) is 2.30. The maximum atomic E-state index is 11.2. The average Bonchev–Trinajstić information content (AvgIpc) is 2.16. The van der Waals surface area contributed by atoms with E-state index in [0.29, 0.717) is 11.6 Å². The third-order valence-corrected chi connectivity index (χ3v) is 2.50. The predicted molar refractivity (Wildman–Crippen MR) is 58.6 cm³/mol. The van der Waals surface area contributed by atoms with Gasteiger partial charge in [-0.25, -0.2) is 0 Å². The summed E-state index contributed by atoms with van der Waals surface area (Å²) in [4.78, 5) is 11.2. The van der Waals surface area contributed by atoms with E-state index in [-0.39, 0.29) is 5.78 Å². The summed E-state index contributed by atoms with van der Waals surface area (Å²) < 4.78 is 0. The summed E-state index contributed by atoms with van der Waals surface area (Å²) in [6.07, 6.45) is 1.89. The van der Waals surface area contributed by atoms with E-state index in [1.807, 2.05) is 24.3 Å². The van der Waals surface area contributed by atoms with Crippen LogP contribution in [-0.2, 0) is 4.79 Å². The number of carbonyl (C=O) groups is 1. The van der Waals surface area contributed by atoms with E-state index >= 15 is 0 Å². The van der Waals surface area contributed by atoms with E-state index in [1.54, 1.807) is 6.92 Å². The number of hydrogen-bond acceptors (Lipinski definition) is 2. The van der Waals surface area contributed by atoms with Gasteiger partial charge in [-0.3, -0.25) is 4.79 Å². The molecule has 2 nitrogen and oxygen atoms in total. The molecule has 72 valence electrons. The van der Waals surface area contributed by atoms with Gasteiger partial charge < -0.3 is 5.32 Å². The third kappa shape index (κ3) is 1.66. The van der Waals surface area contributed by atoms with Crippen LogP contribution < -0.4 is 5.32 Å². The number of benzene rings is 1. The standard InChI is InChI=1S/C11H10ClNO/c1-7(14)9-4-8-5-10(12)2-3-11(8)13-6-9/h2-5,13H,6H2,1H3. The van der Waals surface area contributed by atoms with Crippen LogP contribution in [0.15, 0.2) is 23.8 Å². The smallest absolute Gasteiger partial charge is 0.157 e. The quantitative estimate of drug-likeness (QED) is 0.767. The molecule has 1 aliphatic rings. The zero-order valence-electron chi connectivity index (χ0n) is 7.80. The second kappa shape index (κ2) is 3.46. The highest BCUT2D eigenvalue weighted by Gasteiger charge is 2.12. The van der Waals surface area contributed by atoms with Crippen molar-refractivity contribution in [1.29, 1.82) is 0 Å². The molecule has 2 rings (SSSR count). The monoisotopic (exact) mass is 207 g/mol. The fraction of sp³-hybridized carbons (Fsp3) is 0.182. The number of fused-ring (bicyclic) bond motifs is 1. The molecule has 1 N–H and O–H groups in total. The molecule has 1 heterocycles. The van der Waals surface area contributed by atoms with Crippen LogP contribution >= 0.6 is 11.6 Å². The largest absolute Gasteiger partial charge is 0.380 e. The summed E-state index contributed by atoms with van der Waals surface area (Å²) in [5.41, 5.74) is 2.80. The fourth-order valence-corrected chi connectivity index (χ4v) is 1.65. The average molecular weight is 208 g/mol. The number of anilines is 1. The Morgan fingerprint density at radius 3 is 3.00 bits per heavy atom. The van der Waals surface area contributed by atoms with Crippen LogP contribution in [0.25, 0.3) is 6.08 Å². The Balaban J connectivity index is 2.47. The zero-order chi connectivity index (χ0) is 10.1. The van der Waals surface area contributed by atoms with Crippen LogP contribution in [0.1, 0.15) is 12.5 Å². The van der Waals surface area contributed by atoms with Gasteiger partial charge in [-0.2, -0.15) is 0 Å². The van der Waals surface area contributed by atoms with Gasteiger partial charge in [0.25, 0.3) is 0 Å². The first-order valence-corrected chi connectivity index (χ1v) is 4.79. The summed E-state index contributed by atoms with van der Waals surface area (Å²) in [6, 6.07) is 5.61. The second-order valence-electron chi connectivity index (χ2n) is 3.31. The zero-order valence-corrected chi connectivity index (χ0v) is 8.56. The molecule has 0 aromatic heterocycles. The number of ketones is 1. The number of carbonyl (C=O) groups excluding carboxylic acids is 1. The summed E-state index contributed by atoms with van der Waals surface area (Å²) in [5.74, 6) is 0.100. The van der Waals surface area contributed by atoms with Gasteiger partial charge in [0.1, 0.15) is 0 Å². The molecular weight excluding hydrogens is 198 g/mol. The Bertz CT molecular complexity index is 423. The van der Waals surface area contributed by atoms with Gasteiger partial charge in [-0.05, 0) is 36.8 Å². The van der Waals surface area contributed by atoms with Crippen molar-refractivity contribution in [3.63, 3.8) is 0 Å². The van der Waals surface area contributed by atoms with Crippen molar-refractivity contribution < 1.29 is 4.79 Å². The first kappa shape index (κ1) is 9.28. The normalized spacial score (nSPS) is 14.0. The molecule has 0 saturated carbocycles. The van der Waals surface area contributed by atoms with Crippen LogP contribution in [0.3, 0.4) is 0 Å². The number of nitrogens with one attached hydrogen (secondary N) is 1. The lowest BCUT2D eigenvalue weighted by molar-refractivity contribution is -0.113. The van der Waals surface area contributed by atoms with Crippen molar-refractivity contribution in [1.82, 2.24) is 0 Å². The van der Waals surface area contributed by atoms with Crippen molar-refractivity contribution in [3.05, 3.63) is 34.4 Å². The fourth-order valence-electron chi connectivity index (χ4n) is 1.47. The van der Waals surface area contributed by atoms with Gasteiger partial charge in [0.2, 0.25) is 0 Å². The third-order valence-electron chi connectivity index (χ3n) is 2.26. The van der Waals surface area contributed by atoms with Crippen molar-refractivity contribution in [2.75, 3.05) is 11.9 Å². The molecular formula is C11H10ClNO. The topological polar surface area (TPSA) is 29.1 Å². The van der Waals surface area contributed by atoms with Crippen LogP contribution in [0.4, 0.5) is 5.69 Å². The molecule has 1 aliphatic heterocycles. The van der Waals surface area contributed by atoms with Crippen molar-refractivity contribution in [2.45, 2.75) is 6.92 Å². The molecule has 14 heavy (non-hydrogen) atoms. The minimum Gasteiger partial charge on any atom is -0.380 e. The predicted octanol–water partition coefficient (Wildman–Crippen LogP) is 2.74. The van der Waals surface area contributed by atoms with Crippen LogP contribution in [0.2, 0.25) is 5.02 Å². The summed E-state index contributed by atoms with van der Waals surface area (Å²) >= 11 is 5.86. The van der Waals surface area contributed by atoms with Crippen LogP contribution in [0.5, 0.6) is 0 Å². The first-order valence-electron chi connectivity index (χ1n) is 4.42. The molecule has 0 atom stereocenters. The van der Waals surface area contributed by atoms with Gasteiger partial charge in [0.15, 0.2) is 5.78 Å². The van der Waals surface area contributed by atoms with Crippen molar-refractivity contribution in [2.24, 2.45) is 0 Å². The minimum atomic E-state index is 0.100. The van der Waals surface area contributed by atoms with E-state index in [2.05, 4.69) is 5.32 Å². The van der Waals surface area contributed by atoms with Gasteiger partial charge in [-0.15, -0.1) is 0 Å². The van der Waals surface area contributed by atoms with E-state index in [4.69, 9.17) is 11.6 Å². The Labute approximate surface area is 87.6 Å². The van der Waals surface area contributed by atoms with Gasteiger partial charge in [0.05, 0.1) is 0 Å². The summed E-state index contributed by atoms with van der Waals surface area (Å²) in [7, 11) is 0. The summed E-state index contributed by atoms with van der Waals surface area (Å²) in [6.45, 7) is 2.17. The molecule has 0 spiro atoms. The molecule has 0 saturated heterocycles. The Morgan fingerprint density at radius 2 is 2.29 bits per heavy atom. The Hall–Kier alpha value is -1.28. The van der Waals surface area contributed by atoms with Crippen molar-refractivity contribution in [3.8, 4) is 0 Å². The maximum Gasteiger partial charge on any atom is 0.157 e. The van der Waals surface area contributed by atoms with Crippen LogP contribution in [-0.4, -0.2) is 12.3 Å². The molecule has 1 aromatic carbocycles. The lowest BCUT2D eigenvalue weighted by Crippen LogP contribution is -2.14. The highest BCUT2D eigenvalue weighted by molar-refractivity contribution is 6.30. The highest BCUT2D eigenvalue weighted by Crippen LogP contribution is 2.26. The van der Waals surface area contributed by atoms with Gasteiger partial charge in [0, 0.05) is 22.8 Å². The molecule has 1 aromatic rings. The SMILES string of the molecule is CC(=O)C1=Cc2cc(Cl)ccc2NC1. The molecule has 0 radical (unpaired) electrons. The van der Waals surface area contributed by atoms with Gasteiger partial charge >= 0.3 is 0 Å². The molecule has 0 aliphatic carbocycles. The summed E-state index contributed by atoms with van der Waals surface area (Å²) in [5, 5.41) is 3.86. The Morgan fingerprint density at radius 1 is 1.50 bits per heavy atom. The molecule has 0 bridgehead atoms. The highest BCUT2D eigenvalue weighted by atomic mass is 35.5. The van der Waals surface area contributed by atoms with E-state index in [0.717, 1.165) is 16.8 Å². The lowest BCUT2D eigenvalue weighted by Gasteiger charge is -2.17. The first-order chi connectivity index (χ1) is 6.66. The number of halogens is 1. The molecule has 0 amide bonds. The number of rotatable bonds is 1. The second-order valence-corrected chi connectivity index (χ2v) is 3.75. The van der Waals surface area contributed by atoms with E-state index in [9.17, 15) is 4.79 Å². The molecule has 0 unspecified atom stereocenters. The van der Waals surface area contributed by atoms with E-state index < -0.39 is 0 Å². The van der Waals surface area contributed by atoms with Crippen LogP contribution in [0, 0.1) is 0 Å². The minimum absolute atomic E-state index is 0.100.